The number of fused-ring (bicyclic) bond motifs is 1. The highest BCUT2D eigenvalue weighted by Crippen LogP contribution is 2.43. The molecule has 1 atom stereocenters. The van der Waals surface area contributed by atoms with Crippen molar-refractivity contribution in [3.63, 3.8) is 0 Å². The molecular formula is C30H23N3O2S. The van der Waals surface area contributed by atoms with Crippen LogP contribution in [0.3, 0.4) is 0 Å². The third kappa shape index (κ3) is 3.68. The van der Waals surface area contributed by atoms with Crippen LogP contribution in [0.25, 0.3) is 26.9 Å². The van der Waals surface area contributed by atoms with Gasteiger partial charge in [-0.3, -0.25) is 10.2 Å². The Morgan fingerprint density at radius 2 is 1.50 bits per heavy atom. The number of rotatable bonds is 5. The summed E-state index contributed by atoms with van der Waals surface area (Å²) in [6.45, 7) is 1.80. The van der Waals surface area contributed by atoms with Crippen molar-refractivity contribution in [2.75, 3.05) is 5.43 Å². The van der Waals surface area contributed by atoms with Crippen molar-refractivity contribution >= 4 is 27.1 Å². The minimum absolute atomic E-state index is 0.177. The van der Waals surface area contributed by atoms with Gasteiger partial charge in [-0.25, -0.2) is 9.66 Å². The maximum atomic E-state index is 13.7. The molecule has 3 aromatic carbocycles. The maximum absolute atomic E-state index is 13.7. The van der Waals surface area contributed by atoms with E-state index in [1.54, 1.807) is 13.0 Å². The highest BCUT2D eigenvalue weighted by Gasteiger charge is 2.37. The van der Waals surface area contributed by atoms with Gasteiger partial charge in [0.05, 0.1) is 11.1 Å². The zero-order chi connectivity index (χ0) is 24.7. The van der Waals surface area contributed by atoms with E-state index < -0.39 is 5.60 Å². The monoisotopic (exact) mass is 489 g/mol. The Hall–Kier alpha value is -4.26. The lowest BCUT2D eigenvalue weighted by molar-refractivity contribution is 0.156. The molecule has 1 aliphatic rings. The van der Waals surface area contributed by atoms with Gasteiger partial charge >= 0.3 is 0 Å². The number of aryl methyl sites for hydroxylation is 1. The number of hydrogen-bond acceptors (Lipinski definition) is 5. The molecule has 0 fully saturated rings. The standard InChI is InChI=1S/C30H23N3O2S/c1-20-31-28-27(25(19-36-28)21-11-5-2-6-12-21)29(34)33(20)32-24-17-26(22-13-7-3-8-14-22)30(35,18-24)23-15-9-4-10-16-23/h2-19,32,35H,1H3/t30-/m1/s1. The molecule has 0 unspecified atom stereocenters. The van der Waals surface area contributed by atoms with Gasteiger partial charge in [0.2, 0.25) is 0 Å². The van der Waals surface area contributed by atoms with E-state index in [1.807, 2.05) is 102 Å². The summed E-state index contributed by atoms with van der Waals surface area (Å²) in [5, 5.41) is 14.5. The Bertz CT molecular complexity index is 1690. The van der Waals surface area contributed by atoms with Crippen LogP contribution >= 0.6 is 11.3 Å². The minimum Gasteiger partial charge on any atom is -0.377 e. The van der Waals surface area contributed by atoms with Gasteiger partial charge in [0.1, 0.15) is 16.3 Å². The molecule has 176 valence electrons. The molecule has 36 heavy (non-hydrogen) atoms. The lowest BCUT2D eigenvalue weighted by atomic mass is 9.85. The van der Waals surface area contributed by atoms with Gasteiger partial charge < -0.3 is 5.11 Å². The van der Waals surface area contributed by atoms with Crippen LogP contribution in [-0.4, -0.2) is 14.8 Å². The predicted molar refractivity (Wildman–Crippen MR) is 146 cm³/mol. The maximum Gasteiger partial charge on any atom is 0.281 e. The summed E-state index contributed by atoms with van der Waals surface area (Å²) in [4.78, 5) is 19.1. The van der Waals surface area contributed by atoms with Crippen LogP contribution in [0.5, 0.6) is 0 Å². The quantitative estimate of drug-likeness (QED) is 0.325. The minimum atomic E-state index is -1.35. The summed E-state index contributed by atoms with van der Waals surface area (Å²) in [5.41, 5.74) is 6.55. The average molecular weight is 490 g/mol. The lowest BCUT2D eigenvalue weighted by Gasteiger charge is -2.25. The Morgan fingerprint density at radius 1 is 0.889 bits per heavy atom. The highest BCUT2D eigenvalue weighted by molar-refractivity contribution is 7.17. The van der Waals surface area contributed by atoms with E-state index in [-0.39, 0.29) is 5.56 Å². The molecule has 0 radical (unpaired) electrons. The molecule has 0 spiro atoms. The summed E-state index contributed by atoms with van der Waals surface area (Å²) in [5.74, 6) is 0.541. The molecule has 1 aliphatic carbocycles. The number of thiophene rings is 1. The van der Waals surface area contributed by atoms with Crippen LogP contribution in [0.15, 0.2) is 119 Å². The van der Waals surface area contributed by atoms with Crippen LogP contribution in [0.2, 0.25) is 0 Å². The number of aliphatic hydroxyl groups is 1. The summed E-state index contributed by atoms with van der Waals surface area (Å²) in [7, 11) is 0. The smallest absolute Gasteiger partial charge is 0.281 e. The number of nitrogens with one attached hydrogen (secondary N) is 1. The van der Waals surface area contributed by atoms with Crippen LogP contribution < -0.4 is 11.0 Å². The van der Waals surface area contributed by atoms with Gasteiger partial charge in [-0.15, -0.1) is 11.3 Å². The highest BCUT2D eigenvalue weighted by atomic mass is 32.1. The van der Waals surface area contributed by atoms with Gasteiger partial charge in [0.25, 0.3) is 5.56 Å². The van der Waals surface area contributed by atoms with E-state index in [2.05, 4.69) is 5.43 Å². The van der Waals surface area contributed by atoms with Crippen molar-refractivity contribution in [2.24, 2.45) is 0 Å². The van der Waals surface area contributed by atoms with E-state index >= 15 is 0 Å². The first-order valence-electron chi connectivity index (χ1n) is 11.7. The van der Waals surface area contributed by atoms with Crippen molar-refractivity contribution in [1.29, 1.82) is 0 Å². The number of allylic oxidation sites excluding steroid dienone is 1. The number of hydrogen-bond donors (Lipinski definition) is 2. The number of aromatic nitrogens is 2. The van der Waals surface area contributed by atoms with Gasteiger partial charge in [0.15, 0.2) is 0 Å². The average Bonchev–Trinajstić information content (AvgIpc) is 3.50. The lowest BCUT2D eigenvalue weighted by Crippen LogP contribution is -2.31. The number of nitrogens with zero attached hydrogens (tertiary/aromatic N) is 2. The van der Waals surface area contributed by atoms with Crippen LogP contribution in [0.1, 0.15) is 17.0 Å². The summed E-state index contributed by atoms with van der Waals surface area (Å²) in [6, 6.07) is 29.2. The van der Waals surface area contributed by atoms with Gasteiger partial charge in [-0.1, -0.05) is 91.0 Å². The molecule has 2 aromatic heterocycles. The zero-order valence-corrected chi connectivity index (χ0v) is 20.4. The first-order valence-corrected chi connectivity index (χ1v) is 12.5. The molecule has 0 saturated carbocycles. The van der Waals surface area contributed by atoms with E-state index in [0.717, 1.165) is 27.8 Å². The first kappa shape index (κ1) is 22.2. The first-order chi connectivity index (χ1) is 17.5. The summed E-state index contributed by atoms with van der Waals surface area (Å²) in [6.07, 6.45) is 3.65. The Balaban J connectivity index is 1.47. The van der Waals surface area contributed by atoms with Gasteiger partial charge in [-0.05, 0) is 35.8 Å². The van der Waals surface area contributed by atoms with E-state index in [0.29, 0.717) is 21.7 Å². The zero-order valence-electron chi connectivity index (χ0n) is 19.6. The van der Waals surface area contributed by atoms with Crippen molar-refractivity contribution in [2.45, 2.75) is 12.5 Å². The van der Waals surface area contributed by atoms with Crippen LogP contribution in [0.4, 0.5) is 0 Å². The normalized spacial score (nSPS) is 17.2. The summed E-state index contributed by atoms with van der Waals surface area (Å²) >= 11 is 1.46. The predicted octanol–water partition coefficient (Wildman–Crippen LogP) is 5.85. The molecule has 2 heterocycles. The molecule has 0 saturated heterocycles. The van der Waals surface area contributed by atoms with E-state index in [9.17, 15) is 9.90 Å². The molecule has 2 N–H and O–H groups in total. The van der Waals surface area contributed by atoms with Gasteiger partial charge in [-0.2, -0.15) is 0 Å². The topological polar surface area (TPSA) is 67.2 Å². The van der Waals surface area contributed by atoms with Crippen molar-refractivity contribution < 1.29 is 5.11 Å². The Labute approximate surface area is 212 Å². The van der Waals surface area contributed by atoms with Crippen LogP contribution in [-0.2, 0) is 5.60 Å². The molecule has 0 bridgehead atoms. The van der Waals surface area contributed by atoms with Crippen molar-refractivity contribution in [3.8, 4) is 11.1 Å². The SMILES string of the molecule is Cc1nc2scc(-c3ccccc3)c2c(=O)n1NC1=C[C@@](O)(c2ccccc2)C(c2ccccc2)=C1. The molecule has 0 amide bonds. The molecular weight excluding hydrogens is 466 g/mol. The largest absolute Gasteiger partial charge is 0.377 e. The molecule has 5 nitrogen and oxygen atoms in total. The van der Waals surface area contributed by atoms with E-state index in [1.165, 1.54) is 16.0 Å². The molecule has 5 aromatic rings. The molecule has 6 heteroatoms. The third-order valence-corrected chi connectivity index (χ3v) is 7.35. The third-order valence-electron chi connectivity index (χ3n) is 6.47. The van der Waals surface area contributed by atoms with Crippen LogP contribution in [0, 0.1) is 6.92 Å². The second kappa shape index (κ2) is 8.75. The number of benzene rings is 3. The Morgan fingerprint density at radius 3 is 2.17 bits per heavy atom. The fraction of sp³-hybridized carbons (Fsp3) is 0.0667. The van der Waals surface area contributed by atoms with Crippen molar-refractivity contribution in [1.82, 2.24) is 9.66 Å². The van der Waals surface area contributed by atoms with Crippen molar-refractivity contribution in [3.05, 3.63) is 142 Å². The fourth-order valence-electron chi connectivity index (χ4n) is 4.71. The second-order valence-corrected chi connectivity index (χ2v) is 9.62. The van der Waals surface area contributed by atoms with Gasteiger partial charge in [0, 0.05) is 16.5 Å². The fourth-order valence-corrected chi connectivity index (χ4v) is 5.69. The molecule has 6 rings (SSSR count). The second-order valence-electron chi connectivity index (χ2n) is 8.76. The molecule has 0 aliphatic heterocycles. The summed E-state index contributed by atoms with van der Waals surface area (Å²) < 4.78 is 1.46. The Kier molecular flexibility index (Phi) is 5.40. The van der Waals surface area contributed by atoms with E-state index in [4.69, 9.17) is 4.98 Å².